The summed E-state index contributed by atoms with van der Waals surface area (Å²) in [5, 5.41) is 19.9. The van der Waals surface area contributed by atoms with Crippen LogP contribution in [0.1, 0.15) is 72.3 Å². The summed E-state index contributed by atoms with van der Waals surface area (Å²) < 4.78 is 6.09. The number of hydrogen-bond acceptors (Lipinski definition) is 9. The highest BCUT2D eigenvalue weighted by Gasteiger charge is 2.24. The maximum absolute atomic E-state index is 13.1. The second kappa shape index (κ2) is 11.4. The molecule has 2 aromatic carbocycles. The fraction of sp³-hybridized carbons (Fsp3) is 0.308. The molecule has 190 valence electrons. The molecule has 2 aromatic heterocycles. The molecule has 11 heteroatoms. The summed E-state index contributed by atoms with van der Waals surface area (Å²) in [5.74, 6) is 0.769. The summed E-state index contributed by atoms with van der Waals surface area (Å²) in [6.45, 7) is 1.86. The molecule has 1 amide bonds. The van der Waals surface area contributed by atoms with Crippen LogP contribution in [0.2, 0.25) is 0 Å². The van der Waals surface area contributed by atoms with Gasteiger partial charge in [0.1, 0.15) is 0 Å². The Labute approximate surface area is 218 Å². The number of nitrogens with zero attached hydrogens (tertiary/aromatic N) is 6. The number of carbonyl (C=O) groups is 1. The number of anilines is 1. The Morgan fingerprint density at radius 2 is 1.86 bits per heavy atom. The lowest BCUT2D eigenvalue weighted by atomic mass is 9.84. The molecule has 0 aliphatic heterocycles. The van der Waals surface area contributed by atoms with Gasteiger partial charge >= 0.3 is 0 Å². The molecule has 0 atom stereocenters. The molecule has 4 aromatic rings. The molecular formula is C26H28N8O2S. The van der Waals surface area contributed by atoms with Crippen molar-refractivity contribution in [3.8, 4) is 5.82 Å². The van der Waals surface area contributed by atoms with Crippen molar-refractivity contribution in [2.75, 3.05) is 5.73 Å². The van der Waals surface area contributed by atoms with Crippen LogP contribution in [0.5, 0.6) is 0 Å². The van der Waals surface area contributed by atoms with Crippen molar-refractivity contribution in [3.63, 3.8) is 0 Å². The van der Waals surface area contributed by atoms with Crippen molar-refractivity contribution in [2.24, 2.45) is 5.10 Å². The third kappa shape index (κ3) is 5.72. The minimum absolute atomic E-state index is 0.0494. The summed E-state index contributed by atoms with van der Waals surface area (Å²) in [7, 11) is 0. The maximum atomic E-state index is 13.1. The van der Waals surface area contributed by atoms with Gasteiger partial charge in [-0.1, -0.05) is 66.9 Å². The zero-order valence-electron chi connectivity index (χ0n) is 20.5. The first kappa shape index (κ1) is 24.7. The van der Waals surface area contributed by atoms with Gasteiger partial charge in [-0.25, -0.2) is 10.1 Å². The number of nitrogen functional groups attached to an aromatic ring is 1. The van der Waals surface area contributed by atoms with Gasteiger partial charge in [-0.05, 0) is 59.3 Å². The molecule has 1 fully saturated rings. The maximum Gasteiger partial charge on any atom is 0.293 e. The van der Waals surface area contributed by atoms with Crippen LogP contribution < -0.4 is 11.2 Å². The molecule has 0 saturated heterocycles. The monoisotopic (exact) mass is 516 g/mol. The fourth-order valence-corrected chi connectivity index (χ4v) is 5.38. The van der Waals surface area contributed by atoms with Gasteiger partial charge in [0.05, 0.1) is 11.4 Å². The van der Waals surface area contributed by atoms with E-state index in [1.54, 1.807) is 0 Å². The highest BCUT2D eigenvalue weighted by Crippen LogP contribution is 2.32. The summed E-state index contributed by atoms with van der Waals surface area (Å²) in [5.41, 5.74) is 12.1. The van der Waals surface area contributed by atoms with Crippen molar-refractivity contribution >= 4 is 29.2 Å². The quantitative estimate of drug-likeness (QED) is 0.195. The predicted molar refractivity (Wildman–Crippen MR) is 142 cm³/mol. The van der Waals surface area contributed by atoms with Crippen molar-refractivity contribution in [2.45, 2.75) is 55.6 Å². The van der Waals surface area contributed by atoms with E-state index in [2.05, 4.69) is 55.4 Å². The number of rotatable bonds is 8. The van der Waals surface area contributed by atoms with Crippen LogP contribution in [0.3, 0.4) is 0 Å². The molecule has 0 radical (unpaired) electrons. The SMILES string of the molecule is CC(=NNC(=O)c1nnn(-c2nonc2N)c1CSc1ccccc1)c1ccc(C2CCCCC2)cc1. The minimum Gasteiger partial charge on any atom is -0.378 e. The number of aromatic nitrogens is 5. The van der Waals surface area contributed by atoms with E-state index in [9.17, 15) is 4.79 Å². The number of hydrogen-bond donors (Lipinski definition) is 2. The molecular weight excluding hydrogens is 488 g/mol. The van der Waals surface area contributed by atoms with E-state index in [0.29, 0.717) is 23.1 Å². The largest absolute Gasteiger partial charge is 0.378 e. The van der Waals surface area contributed by atoms with Crippen LogP contribution >= 0.6 is 11.8 Å². The van der Waals surface area contributed by atoms with Crippen molar-refractivity contribution in [1.82, 2.24) is 30.7 Å². The van der Waals surface area contributed by atoms with Crippen LogP contribution in [0, 0.1) is 0 Å². The van der Waals surface area contributed by atoms with Gasteiger partial charge in [0.15, 0.2) is 5.69 Å². The zero-order chi connectivity index (χ0) is 25.6. The Morgan fingerprint density at radius 3 is 2.57 bits per heavy atom. The number of nitrogens with two attached hydrogens (primary N) is 1. The average Bonchev–Trinajstić information content (AvgIpc) is 3.57. The number of amides is 1. The molecule has 2 heterocycles. The minimum atomic E-state index is -0.483. The van der Waals surface area contributed by atoms with E-state index >= 15 is 0 Å². The Morgan fingerprint density at radius 1 is 1.11 bits per heavy atom. The first-order valence-corrected chi connectivity index (χ1v) is 13.2. The summed E-state index contributed by atoms with van der Waals surface area (Å²) in [4.78, 5) is 14.1. The Bertz CT molecular complexity index is 1380. The first-order chi connectivity index (χ1) is 18.1. The predicted octanol–water partition coefficient (Wildman–Crippen LogP) is 4.73. The van der Waals surface area contributed by atoms with Gasteiger partial charge in [0.25, 0.3) is 5.91 Å². The second-order valence-corrected chi connectivity index (χ2v) is 10.0. The number of benzene rings is 2. The molecule has 5 rings (SSSR count). The van der Waals surface area contributed by atoms with Gasteiger partial charge in [-0.2, -0.15) is 9.78 Å². The van der Waals surface area contributed by atoms with E-state index in [1.165, 1.54) is 54.1 Å². The molecule has 1 aliphatic rings. The molecule has 0 bridgehead atoms. The molecule has 1 saturated carbocycles. The van der Waals surface area contributed by atoms with Crippen LogP contribution in [-0.2, 0) is 5.75 Å². The van der Waals surface area contributed by atoms with Gasteiger partial charge in [-0.15, -0.1) is 16.9 Å². The van der Waals surface area contributed by atoms with E-state index in [-0.39, 0.29) is 17.3 Å². The third-order valence-corrected chi connectivity index (χ3v) is 7.55. The lowest BCUT2D eigenvalue weighted by Gasteiger charge is -2.22. The number of carbonyl (C=O) groups excluding carboxylic acids is 1. The van der Waals surface area contributed by atoms with Gasteiger partial charge in [0.2, 0.25) is 11.6 Å². The van der Waals surface area contributed by atoms with Crippen molar-refractivity contribution in [3.05, 3.63) is 77.1 Å². The van der Waals surface area contributed by atoms with Crippen LogP contribution in [-0.4, -0.2) is 36.9 Å². The Hall–Kier alpha value is -3.99. The third-order valence-electron chi connectivity index (χ3n) is 6.52. The van der Waals surface area contributed by atoms with Crippen LogP contribution in [0.25, 0.3) is 5.82 Å². The van der Waals surface area contributed by atoms with E-state index in [1.807, 2.05) is 37.3 Å². The summed E-state index contributed by atoms with van der Waals surface area (Å²) in [6.07, 6.45) is 6.45. The number of hydrazone groups is 1. The standard InChI is InChI=1S/C26H28N8O2S/c1-17(18-12-14-20(15-13-18)19-8-4-2-5-9-19)28-30-26(35)23-22(16-37-21-10-6-3-7-11-21)34(33-29-23)25-24(27)31-36-32-25/h3,6-7,10-15,19H,2,4-5,8-9,16H2,1H3,(H2,27,31)(H,30,35). The van der Waals surface area contributed by atoms with E-state index in [0.717, 1.165) is 10.5 Å². The fourth-order valence-electron chi connectivity index (χ4n) is 4.47. The molecule has 0 spiro atoms. The smallest absolute Gasteiger partial charge is 0.293 e. The summed E-state index contributed by atoms with van der Waals surface area (Å²) in [6, 6.07) is 18.3. The van der Waals surface area contributed by atoms with Gasteiger partial charge in [-0.3, -0.25) is 4.79 Å². The lowest BCUT2D eigenvalue weighted by Crippen LogP contribution is -2.21. The van der Waals surface area contributed by atoms with Crippen LogP contribution in [0.15, 0.2) is 69.2 Å². The van der Waals surface area contributed by atoms with Gasteiger partial charge in [0, 0.05) is 10.6 Å². The second-order valence-electron chi connectivity index (χ2n) is 8.97. The topological polar surface area (TPSA) is 137 Å². The van der Waals surface area contributed by atoms with E-state index < -0.39 is 5.91 Å². The van der Waals surface area contributed by atoms with Crippen molar-refractivity contribution in [1.29, 1.82) is 0 Å². The van der Waals surface area contributed by atoms with Gasteiger partial charge < -0.3 is 5.73 Å². The highest BCUT2D eigenvalue weighted by molar-refractivity contribution is 7.98. The summed E-state index contributed by atoms with van der Waals surface area (Å²) >= 11 is 1.52. The first-order valence-electron chi connectivity index (χ1n) is 12.3. The number of nitrogens with one attached hydrogen (secondary N) is 1. The lowest BCUT2D eigenvalue weighted by molar-refractivity contribution is 0.0949. The van der Waals surface area contributed by atoms with Crippen LogP contribution in [0.4, 0.5) is 5.82 Å². The number of thioether (sulfide) groups is 1. The Kier molecular flexibility index (Phi) is 7.59. The molecule has 0 unspecified atom stereocenters. The Balaban J connectivity index is 1.33. The van der Waals surface area contributed by atoms with Crippen molar-refractivity contribution < 1.29 is 9.42 Å². The molecule has 37 heavy (non-hydrogen) atoms. The molecule has 1 aliphatic carbocycles. The molecule has 10 nitrogen and oxygen atoms in total. The van der Waals surface area contributed by atoms with E-state index in [4.69, 9.17) is 10.4 Å². The average molecular weight is 517 g/mol. The highest BCUT2D eigenvalue weighted by atomic mass is 32.2. The molecule has 3 N–H and O–H groups in total. The zero-order valence-corrected chi connectivity index (χ0v) is 21.3. The normalized spacial score (nSPS) is 14.6.